The lowest BCUT2D eigenvalue weighted by molar-refractivity contribution is 0.271. The molecule has 0 saturated carbocycles. The second-order valence-electron chi connectivity index (χ2n) is 13.2. The Balaban J connectivity index is 1.12. The molecule has 1 aliphatic heterocycles. The smallest absolute Gasteiger partial charge is 0.164 e. The lowest BCUT2D eigenvalue weighted by atomic mass is 9.80. The van der Waals surface area contributed by atoms with E-state index in [0.717, 1.165) is 49.9 Å². The zero-order valence-electron chi connectivity index (χ0n) is 27.6. The zero-order chi connectivity index (χ0) is 33.7. The van der Waals surface area contributed by atoms with Crippen molar-refractivity contribution in [2.24, 2.45) is 0 Å². The molecule has 10 rings (SSSR count). The van der Waals surface area contributed by atoms with Crippen molar-refractivity contribution in [3.63, 3.8) is 0 Å². The summed E-state index contributed by atoms with van der Waals surface area (Å²) in [7, 11) is 0. The van der Waals surface area contributed by atoms with Crippen LogP contribution in [0, 0.1) is 0 Å². The van der Waals surface area contributed by atoms with E-state index in [0.29, 0.717) is 17.5 Å². The number of aromatic nitrogens is 3. The highest BCUT2D eigenvalue weighted by atomic mass is 16.5. The van der Waals surface area contributed by atoms with Crippen molar-refractivity contribution in [1.29, 1.82) is 0 Å². The number of hydrogen-bond donors (Lipinski definition) is 0. The van der Waals surface area contributed by atoms with Crippen LogP contribution in [0.2, 0.25) is 0 Å². The fraction of sp³-hybridized carbons (Fsp3) is 0.0426. The van der Waals surface area contributed by atoms with Gasteiger partial charge in [-0.2, -0.15) is 0 Å². The number of ether oxygens (including phenoxy) is 1. The summed E-state index contributed by atoms with van der Waals surface area (Å²) in [4.78, 5) is 15.6. The van der Waals surface area contributed by atoms with E-state index in [2.05, 4.69) is 170 Å². The first kappa shape index (κ1) is 29.3. The Labute approximate surface area is 296 Å². The quantitative estimate of drug-likeness (QED) is 0.185. The number of hydrogen-bond acceptors (Lipinski definition) is 4. The fourth-order valence-electron chi connectivity index (χ4n) is 7.56. The third-order valence-corrected chi connectivity index (χ3v) is 10.1. The standard InChI is InChI=1S/C47H31N3O/c1-2-10-30(11-3-1)33-20-24-34(25-21-33)39-16-8-18-41-43(39)44-40(17-9-19-42(44)51-41)47-49-45(37-26-22-31-12-4-6-14-35(31)28-37)48-46(50-47)38-27-23-32-13-5-7-15-36(32)29-38/h1-29,42,44H. The van der Waals surface area contributed by atoms with Crippen molar-refractivity contribution in [1.82, 2.24) is 15.0 Å². The van der Waals surface area contributed by atoms with E-state index >= 15 is 0 Å². The van der Waals surface area contributed by atoms with Gasteiger partial charge in [-0.3, -0.25) is 0 Å². The summed E-state index contributed by atoms with van der Waals surface area (Å²) in [6, 6.07) is 55.3. The summed E-state index contributed by atoms with van der Waals surface area (Å²) in [5, 5.41) is 4.64. The zero-order valence-corrected chi connectivity index (χ0v) is 27.6. The molecule has 0 amide bonds. The molecule has 0 fully saturated rings. The van der Waals surface area contributed by atoms with Crippen LogP contribution in [0.5, 0.6) is 5.75 Å². The van der Waals surface area contributed by atoms with E-state index in [1.807, 2.05) is 6.07 Å². The van der Waals surface area contributed by atoms with Crippen LogP contribution in [0.15, 0.2) is 176 Å². The third kappa shape index (κ3) is 5.20. The Morgan fingerprint density at radius 1 is 0.431 bits per heavy atom. The Kier molecular flexibility index (Phi) is 6.91. The highest BCUT2D eigenvalue weighted by molar-refractivity contribution is 5.89. The summed E-state index contributed by atoms with van der Waals surface area (Å²) in [5.41, 5.74) is 8.76. The normalized spacial score (nSPS) is 16.0. The summed E-state index contributed by atoms with van der Waals surface area (Å²) < 4.78 is 6.65. The van der Waals surface area contributed by atoms with Gasteiger partial charge in [0.05, 0.1) is 5.92 Å². The van der Waals surface area contributed by atoms with E-state index < -0.39 is 0 Å². The van der Waals surface area contributed by atoms with Crippen molar-refractivity contribution in [3.05, 3.63) is 187 Å². The van der Waals surface area contributed by atoms with Gasteiger partial charge in [-0.25, -0.2) is 15.0 Å². The molecule has 1 aliphatic carbocycles. The highest BCUT2D eigenvalue weighted by Crippen LogP contribution is 2.51. The molecule has 2 aliphatic rings. The highest BCUT2D eigenvalue weighted by Gasteiger charge is 2.40. The van der Waals surface area contributed by atoms with Gasteiger partial charge in [-0.15, -0.1) is 0 Å². The molecule has 2 heterocycles. The van der Waals surface area contributed by atoms with E-state index in [4.69, 9.17) is 19.7 Å². The van der Waals surface area contributed by atoms with Crippen LogP contribution in [-0.2, 0) is 0 Å². The molecule has 4 heteroatoms. The molecular formula is C47H31N3O. The Bertz CT molecular complexity index is 2580. The third-order valence-electron chi connectivity index (χ3n) is 10.1. The maximum absolute atomic E-state index is 6.65. The fourth-order valence-corrected chi connectivity index (χ4v) is 7.56. The number of fused-ring (bicyclic) bond motifs is 5. The largest absolute Gasteiger partial charge is 0.485 e. The molecule has 4 nitrogen and oxygen atoms in total. The van der Waals surface area contributed by atoms with Crippen LogP contribution < -0.4 is 4.74 Å². The maximum atomic E-state index is 6.65. The Morgan fingerprint density at radius 3 is 1.65 bits per heavy atom. The summed E-state index contributed by atoms with van der Waals surface area (Å²) >= 11 is 0. The van der Waals surface area contributed by atoms with Gasteiger partial charge < -0.3 is 4.74 Å². The van der Waals surface area contributed by atoms with Crippen molar-refractivity contribution >= 4 is 27.1 Å². The van der Waals surface area contributed by atoms with Gasteiger partial charge >= 0.3 is 0 Å². The van der Waals surface area contributed by atoms with Gasteiger partial charge in [-0.05, 0) is 68.1 Å². The van der Waals surface area contributed by atoms with E-state index in [1.54, 1.807) is 0 Å². The number of benzene rings is 7. The second kappa shape index (κ2) is 12.0. The van der Waals surface area contributed by atoms with E-state index in [-0.39, 0.29) is 12.0 Å². The molecule has 0 radical (unpaired) electrons. The molecule has 0 N–H and O–H groups in total. The number of rotatable bonds is 5. The van der Waals surface area contributed by atoms with Gasteiger partial charge in [0.2, 0.25) is 0 Å². The molecular weight excluding hydrogens is 623 g/mol. The molecule has 0 bridgehead atoms. The van der Waals surface area contributed by atoms with Crippen LogP contribution in [0.1, 0.15) is 17.3 Å². The van der Waals surface area contributed by atoms with Crippen molar-refractivity contribution in [3.8, 4) is 50.8 Å². The molecule has 8 aromatic rings. The van der Waals surface area contributed by atoms with E-state index in [1.165, 1.54) is 21.9 Å². The van der Waals surface area contributed by atoms with Crippen LogP contribution >= 0.6 is 0 Å². The van der Waals surface area contributed by atoms with Gasteiger partial charge in [0, 0.05) is 22.3 Å². The number of nitrogens with zero attached hydrogens (tertiary/aromatic N) is 3. The van der Waals surface area contributed by atoms with Crippen molar-refractivity contribution < 1.29 is 4.74 Å². The second-order valence-corrected chi connectivity index (χ2v) is 13.2. The minimum Gasteiger partial charge on any atom is -0.485 e. The molecule has 2 atom stereocenters. The summed E-state index contributed by atoms with van der Waals surface area (Å²) in [6.45, 7) is 0. The van der Waals surface area contributed by atoms with Gasteiger partial charge in [0.25, 0.3) is 0 Å². The first-order chi connectivity index (χ1) is 25.2. The molecule has 0 spiro atoms. The molecule has 51 heavy (non-hydrogen) atoms. The molecule has 1 aromatic heterocycles. The lowest BCUT2D eigenvalue weighted by Gasteiger charge is -2.23. The molecule has 0 saturated heterocycles. The Morgan fingerprint density at radius 2 is 0.980 bits per heavy atom. The minimum atomic E-state index is -0.172. The van der Waals surface area contributed by atoms with Crippen LogP contribution in [0.4, 0.5) is 0 Å². The predicted octanol–water partition coefficient (Wildman–Crippen LogP) is 11.3. The van der Waals surface area contributed by atoms with Gasteiger partial charge in [0.1, 0.15) is 11.9 Å². The monoisotopic (exact) mass is 653 g/mol. The Hall–Kier alpha value is -6.65. The van der Waals surface area contributed by atoms with Crippen LogP contribution in [-0.4, -0.2) is 21.1 Å². The van der Waals surface area contributed by atoms with Gasteiger partial charge in [0.15, 0.2) is 17.5 Å². The average molecular weight is 654 g/mol. The maximum Gasteiger partial charge on any atom is 0.164 e. The van der Waals surface area contributed by atoms with Crippen molar-refractivity contribution in [2.75, 3.05) is 0 Å². The van der Waals surface area contributed by atoms with Crippen LogP contribution in [0.25, 0.3) is 72.1 Å². The van der Waals surface area contributed by atoms with Crippen molar-refractivity contribution in [2.45, 2.75) is 12.0 Å². The molecule has 7 aromatic carbocycles. The lowest BCUT2D eigenvalue weighted by Crippen LogP contribution is -2.21. The average Bonchev–Trinajstić information content (AvgIpc) is 3.60. The minimum absolute atomic E-state index is 0.0914. The molecule has 240 valence electrons. The SMILES string of the molecule is C1=CC2Oc3cccc(-c4ccc(-c5ccccc5)cc4)c3C2C(c2nc(-c3ccc4ccccc4c3)nc(-c3ccc4ccccc4c3)n2)=C1. The molecule has 2 unspecified atom stereocenters. The summed E-state index contributed by atoms with van der Waals surface area (Å²) in [5.74, 6) is 2.74. The summed E-state index contributed by atoms with van der Waals surface area (Å²) in [6.07, 6.45) is 6.20. The predicted molar refractivity (Wildman–Crippen MR) is 207 cm³/mol. The van der Waals surface area contributed by atoms with Gasteiger partial charge in [-0.1, -0.05) is 152 Å². The van der Waals surface area contributed by atoms with E-state index in [9.17, 15) is 0 Å². The first-order valence-corrected chi connectivity index (χ1v) is 17.3. The van der Waals surface area contributed by atoms with Crippen LogP contribution in [0.3, 0.4) is 0 Å². The first-order valence-electron chi connectivity index (χ1n) is 17.3. The number of allylic oxidation sites excluding steroid dienone is 2. The topological polar surface area (TPSA) is 47.9 Å².